The van der Waals surface area contributed by atoms with Crippen molar-refractivity contribution in [2.24, 2.45) is 0 Å². The summed E-state index contributed by atoms with van der Waals surface area (Å²) in [5.74, 6) is -0.876. The molecule has 0 aliphatic carbocycles. The molecule has 0 spiro atoms. The highest BCUT2D eigenvalue weighted by Gasteiger charge is 2.19. The van der Waals surface area contributed by atoms with E-state index in [4.69, 9.17) is 9.84 Å². The largest absolute Gasteiger partial charge is 0.481 e. The van der Waals surface area contributed by atoms with Gasteiger partial charge in [0.25, 0.3) is 0 Å². The van der Waals surface area contributed by atoms with Crippen molar-refractivity contribution < 1.29 is 19.4 Å². The maximum atomic E-state index is 11.7. The molecule has 0 radical (unpaired) electrons. The summed E-state index contributed by atoms with van der Waals surface area (Å²) in [7, 11) is 1.29. The summed E-state index contributed by atoms with van der Waals surface area (Å²) in [6.07, 6.45) is 1.99. The number of pyridine rings is 1. The summed E-state index contributed by atoms with van der Waals surface area (Å²) in [6, 6.07) is 3.69. The summed E-state index contributed by atoms with van der Waals surface area (Å²) < 4.78 is 6.45. The number of carbonyl (C=O) groups is 2. The second-order valence-corrected chi connectivity index (χ2v) is 4.17. The molecule has 100 valence electrons. The molecule has 0 aromatic carbocycles. The second-order valence-electron chi connectivity index (χ2n) is 4.17. The number of hydrogen-bond acceptors (Lipinski definition) is 4. The fraction of sp³-hybridized carbons (Fsp3) is 0.308. The van der Waals surface area contributed by atoms with Crippen LogP contribution in [0.5, 0.6) is 0 Å². The van der Waals surface area contributed by atoms with Crippen LogP contribution in [-0.4, -0.2) is 33.5 Å². The molecule has 0 aliphatic rings. The van der Waals surface area contributed by atoms with Gasteiger partial charge in [-0.1, -0.05) is 6.07 Å². The highest BCUT2D eigenvalue weighted by Crippen LogP contribution is 2.19. The molecule has 0 fully saturated rings. The first-order valence-corrected chi connectivity index (χ1v) is 5.81. The highest BCUT2D eigenvalue weighted by atomic mass is 16.5. The van der Waals surface area contributed by atoms with E-state index in [0.717, 1.165) is 5.56 Å². The van der Waals surface area contributed by atoms with Gasteiger partial charge in [-0.25, -0.2) is 9.78 Å². The van der Waals surface area contributed by atoms with E-state index in [2.05, 4.69) is 4.98 Å². The molecule has 0 atom stereocenters. The molecule has 0 unspecified atom stereocenters. The van der Waals surface area contributed by atoms with Crippen molar-refractivity contribution in [3.63, 3.8) is 0 Å². The molecule has 0 amide bonds. The summed E-state index contributed by atoms with van der Waals surface area (Å²) in [5, 5.41) is 8.73. The van der Waals surface area contributed by atoms with Crippen molar-refractivity contribution in [3.8, 4) is 0 Å². The van der Waals surface area contributed by atoms with Gasteiger partial charge in [-0.05, 0) is 18.6 Å². The van der Waals surface area contributed by atoms with Crippen LogP contribution in [0.4, 0.5) is 0 Å². The zero-order valence-electron chi connectivity index (χ0n) is 10.7. The van der Waals surface area contributed by atoms with Gasteiger partial charge in [0.2, 0.25) is 0 Å². The Kier molecular flexibility index (Phi) is 3.50. The van der Waals surface area contributed by atoms with E-state index in [1.807, 2.05) is 19.1 Å². The van der Waals surface area contributed by atoms with E-state index in [-0.39, 0.29) is 18.5 Å². The van der Waals surface area contributed by atoms with Crippen LogP contribution in [0.15, 0.2) is 18.3 Å². The predicted molar refractivity (Wildman–Crippen MR) is 67.2 cm³/mol. The number of rotatable bonds is 4. The topological polar surface area (TPSA) is 80.9 Å². The molecular weight excluding hydrogens is 248 g/mol. The summed E-state index contributed by atoms with van der Waals surface area (Å²) >= 11 is 0. The minimum absolute atomic E-state index is 0.0341. The smallest absolute Gasteiger partial charge is 0.358 e. The molecule has 6 nitrogen and oxygen atoms in total. The van der Waals surface area contributed by atoms with Crippen molar-refractivity contribution in [2.45, 2.75) is 19.8 Å². The van der Waals surface area contributed by atoms with Gasteiger partial charge in [0.15, 0.2) is 5.69 Å². The number of aryl methyl sites for hydroxylation is 2. The number of carbonyl (C=O) groups excluding carboxylic acids is 1. The second kappa shape index (κ2) is 5.09. The number of aliphatic carboxylic acids is 1. The predicted octanol–water partition coefficient (Wildman–Crippen LogP) is 1.45. The van der Waals surface area contributed by atoms with Crippen LogP contribution in [0, 0.1) is 6.92 Å². The molecular formula is C13H14N2O4. The number of carboxylic acid groups (broad SMARTS) is 1. The number of ether oxygens (including phenoxy) is 1. The van der Waals surface area contributed by atoms with Gasteiger partial charge in [-0.15, -0.1) is 0 Å². The molecule has 2 aromatic rings. The maximum Gasteiger partial charge on any atom is 0.358 e. The van der Waals surface area contributed by atoms with Crippen molar-refractivity contribution in [1.82, 2.24) is 9.38 Å². The third-order valence-electron chi connectivity index (χ3n) is 2.88. The van der Waals surface area contributed by atoms with Crippen LogP contribution >= 0.6 is 0 Å². The first kappa shape index (κ1) is 13.1. The van der Waals surface area contributed by atoms with E-state index in [0.29, 0.717) is 11.3 Å². The van der Waals surface area contributed by atoms with Crippen molar-refractivity contribution >= 4 is 17.5 Å². The van der Waals surface area contributed by atoms with Gasteiger partial charge in [-0.2, -0.15) is 0 Å². The normalized spacial score (nSPS) is 10.6. The minimum atomic E-state index is -0.899. The van der Waals surface area contributed by atoms with E-state index in [1.165, 1.54) is 7.11 Å². The van der Waals surface area contributed by atoms with Crippen molar-refractivity contribution in [2.75, 3.05) is 7.11 Å². The van der Waals surface area contributed by atoms with Crippen molar-refractivity contribution in [1.29, 1.82) is 0 Å². The van der Waals surface area contributed by atoms with Crippen LogP contribution in [0.3, 0.4) is 0 Å². The molecule has 2 heterocycles. The van der Waals surface area contributed by atoms with Gasteiger partial charge in [-0.3, -0.25) is 4.79 Å². The van der Waals surface area contributed by atoms with Crippen LogP contribution < -0.4 is 0 Å². The first-order chi connectivity index (χ1) is 9.04. The summed E-state index contributed by atoms with van der Waals surface area (Å²) in [5.41, 5.74) is 1.77. The monoisotopic (exact) mass is 262 g/mol. The van der Waals surface area contributed by atoms with Crippen LogP contribution in [0.25, 0.3) is 5.52 Å². The molecule has 2 rings (SSSR count). The SMILES string of the molecule is COC(=O)c1nc(CCC(=O)O)n2cccc(C)c12. The Hall–Kier alpha value is -2.37. The number of nitrogens with zero attached hydrogens (tertiary/aromatic N) is 2. The molecule has 0 bridgehead atoms. The zero-order valence-corrected chi connectivity index (χ0v) is 10.7. The number of imidazole rings is 1. The number of esters is 1. The Bertz CT molecular complexity index is 645. The fourth-order valence-electron chi connectivity index (χ4n) is 2.00. The van der Waals surface area contributed by atoms with E-state index < -0.39 is 11.9 Å². The standard InChI is InChI=1S/C13H14N2O4/c1-8-4-3-7-15-9(5-6-10(16)17)14-11(12(8)15)13(18)19-2/h3-4,7H,5-6H2,1-2H3,(H,16,17). The number of aromatic nitrogens is 2. The molecule has 0 saturated heterocycles. The van der Waals surface area contributed by atoms with Gasteiger partial charge in [0.05, 0.1) is 19.0 Å². The third-order valence-corrected chi connectivity index (χ3v) is 2.88. The van der Waals surface area contributed by atoms with Gasteiger partial charge < -0.3 is 14.2 Å². The fourth-order valence-corrected chi connectivity index (χ4v) is 2.00. The quantitative estimate of drug-likeness (QED) is 0.843. The first-order valence-electron chi connectivity index (χ1n) is 5.81. The molecule has 0 aliphatic heterocycles. The van der Waals surface area contributed by atoms with E-state index in [1.54, 1.807) is 10.6 Å². The number of carboxylic acids is 1. The minimum Gasteiger partial charge on any atom is -0.481 e. The third kappa shape index (κ3) is 2.42. The highest BCUT2D eigenvalue weighted by molar-refractivity contribution is 5.96. The van der Waals surface area contributed by atoms with Gasteiger partial charge in [0.1, 0.15) is 5.82 Å². The zero-order chi connectivity index (χ0) is 14.0. The Balaban J connectivity index is 2.56. The molecule has 0 saturated carbocycles. The molecule has 2 aromatic heterocycles. The lowest BCUT2D eigenvalue weighted by molar-refractivity contribution is -0.137. The lowest BCUT2D eigenvalue weighted by atomic mass is 10.2. The van der Waals surface area contributed by atoms with Crippen molar-refractivity contribution in [3.05, 3.63) is 35.4 Å². The summed E-state index contributed by atoms with van der Waals surface area (Å²) in [4.78, 5) is 26.6. The Morgan fingerprint density at radius 1 is 1.47 bits per heavy atom. The lowest BCUT2D eigenvalue weighted by Crippen LogP contribution is -2.03. The number of fused-ring (bicyclic) bond motifs is 1. The number of methoxy groups -OCH3 is 1. The van der Waals surface area contributed by atoms with E-state index in [9.17, 15) is 9.59 Å². The van der Waals surface area contributed by atoms with Crippen LogP contribution in [-0.2, 0) is 16.0 Å². The average molecular weight is 262 g/mol. The Labute approximate surface area is 109 Å². The molecule has 6 heteroatoms. The van der Waals surface area contributed by atoms with Gasteiger partial charge >= 0.3 is 11.9 Å². The Morgan fingerprint density at radius 3 is 2.84 bits per heavy atom. The molecule has 19 heavy (non-hydrogen) atoms. The van der Waals surface area contributed by atoms with E-state index >= 15 is 0 Å². The van der Waals surface area contributed by atoms with Crippen LogP contribution in [0.2, 0.25) is 0 Å². The molecule has 1 N–H and O–H groups in total. The van der Waals surface area contributed by atoms with Gasteiger partial charge in [0, 0.05) is 12.6 Å². The lowest BCUT2D eigenvalue weighted by Gasteiger charge is -2.02. The summed E-state index contributed by atoms with van der Waals surface area (Å²) in [6.45, 7) is 1.87. The number of hydrogen-bond donors (Lipinski definition) is 1. The average Bonchev–Trinajstić information content (AvgIpc) is 2.76. The Morgan fingerprint density at radius 2 is 2.21 bits per heavy atom. The van der Waals surface area contributed by atoms with Crippen LogP contribution in [0.1, 0.15) is 28.3 Å². The maximum absolute atomic E-state index is 11.7.